The van der Waals surface area contributed by atoms with Crippen molar-refractivity contribution in [1.82, 2.24) is 10.2 Å². The van der Waals surface area contributed by atoms with Crippen LogP contribution in [-0.2, 0) is 16.1 Å². The molecule has 1 N–H and O–H groups in total. The lowest BCUT2D eigenvalue weighted by Gasteiger charge is -2.31. The molecule has 0 saturated carbocycles. The molecule has 0 aliphatic heterocycles. The smallest absolute Gasteiger partial charge is 0.261 e. The largest absolute Gasteiger partial charge is 0.484 e. The Balaban J connectivity index is 2.17. The van der Waals surface area contributed by atoms with Crippen molar-refractivity contribution in [3.8, 4) is 5.75 Å². The van der Waals surface area contributed by atoms with Crippen LogP contribution in [0.15, 0.2) is 48.5 Å². The van der Waals surface area contributed by atoms with E-state index in [0.29, 0.717) is 30.3 Å². The highest BCUT2D eigenvalue weighted by molar-refractivity contribution is 6.30. The van der Waals surface area contributed by atoms with Gasteiger partial charge in [-0.2, -0.15) is 0 Å². The molecule has 0 aliphatic rings. The third-order valence-electron chi connectivity index (χ3n) is 4.99. The maximum atomic E-state index is 13.1. The average molecular weight is 431 g/mol. The SMILES string of the molecule is CCCCNC(=O)[C@@H](CC)N(Cc1ccccc1C)C(=O)COc1ccc(Cl)cc1. The zero-order chi connectivity index (χ0) is 21.9. The van der Waals surface area contributed by atoms with E-state index in [1.165, 1.54) is 0 Å². The van der Waals surface area contributed by atoms with Crippen LogP contribution in [0.4, 0.5) is 0 Å². The summed E-state index contributed by atoms with van der Waals surface area (Å²) in [6.07, 6.45) is 2.43. The molecule has 0 radical (unpaired) electrons. The minimum atomic E-state index is -0.553. The van der Waals surface area contributed by atoms with Crippen LogP contribution in [0.2, 0.25) is 5.02 Å². The molecule has 0 unspecified atom stereocenters. The first-order chi connectivity index (χ1) is 14.5. The van der Waals surface area contributed by atoms with Crippen molar-refractivity contribution in [1.29, 1.82) is 0 Å². The number of aryl methyl sites for hydroxylation is 1. The molecular weight excluding hydrogens is 400 g/mol. The van der Waals surface area contributed by atoms with Crippen LogP contribution in [0.25, 0.3) is 0 Å². The van der Waals surface area contributed by atoms with E-state index in [2.05, 4.69) is 12.2 Å². The number of carbonyl (C=O) groups is 2. The van der Waals surface area contributed by atoms with E-state index in [9.17, 15) is 9.59 Å². The van der Waals surface area contributed by atoms with Crippen LogP contribution in [0, 0.1) is 6.92 Å². The Morgan fingerprint density at radius 1 is 1.10 bits per heavy atom. The highest BCUT2D eigenvalue weighted by Gasteiger charge is 2.29. The van der Waals surface area contributed by atoms with Crippen molar-refractivity contribution in [2.24, 2.45) is 0 Å². The molecule has 0 fully saturated rings. The number of nitrogens with zero attached hydrogens (tertiary/aromatic N) is 1. The normalized spacial score (nSPS) is 11.6. The Morgan fingerprint density at radius 3 is 2.43 bits per heavy atom. The van der Waals surface area contributed by atoms with Gasteiger partial charge in [-0.1, -0.05) is 56.1 Å². The summed E-state index contributed by atoms with van der Waals surface area (Å²) < 4.78 is 5.66. The molecule has 2 aromatic carbocycles. The lowest BCUT2D eigenvalue weighted by atomic mass is 10.1. The van der Waals surface area contributed by atoms with Crippen LogP contribution in [0.1, 0.15) is 44.2 Å². The maximum Gasteiger partial charge on any atom is 0.261 e. The van der Waals surface area contributed by atoms with Crippen molar-refractivity contribution >= 4 is 23.4 Å². The number of hydrogen-bond acceptors (Lipinski definition) is 3. The molecule has 0 aliphatic carbocycles. The number of rotatable bonds is 11. The molecule has 162 valence electrons. The van der Waals surface area contributed by atoms with Gasteiger partial charge in [0.1, 0.15) is 11.8 Å². The standard InChI is InChI=1S/C24H31ClN2O3/c1-4-6-15-26-24(29)22(5-2)27(16-19-10-8-7-9-18(19)3)23(28)17-30-21-13-11-20(25)12-14-21/h7-14,22H,4-6,15-17H2,1-3H3,(H,26,29)/t22-/m1/s1. The lowest BCUT2D eigenvalue weighted by Crippen LogP contribution is -2.50. The fraction of sp³-hybridized carbons (Fsp3) is 0.417. The highest BCUT2D eigenvalue weighted by Crippen LogP contribution is 2.18. The minimum Gasteiger partial charge on any atom is -0.484 e. The number of hydrogen-bond donors (Lipinski definition) is 1. The van der Waals surface area contributed by atoms with E-state index < -0.39 is 6.04 Å². The van der Waals surface area contributed by atoms with Crippen molar-refractivity contribution in [2.75, 3.05) is 13.2 Å². The molecule has 0 saturated heterocycles. The molecule has 2 rings (SSSR count). The molecule has 30 heavy (non-hydrogen) atoms. The lowest BCUT2D eigenvalue weighted by molar-refractivity contribution is -0.143. The zero-order valence-electron chi connectivity index (χ0n) is 18.0. The number of amides is 2. The summed E-state index contributed by atoms with van der Waals surface area (Å²) in [7, 11) is 0. The molecule has 1 atom stereocenters. The summed E-state index contributed by atoms with van der Waals surface area (Å²) in [5.74, 6) is 0.203. The summed E-state index contributed by atoms with van der Waals surface area (Å²) in [4.78, 5) is 27.6. The second-order valence-electron chi connectivity index (χ2n) is 7.26. The predicted octanol–water partition coefficient (Wildman–Crippen LogP) is 4.75. The zero-order valence-corrected chi connectivity index (χ0v) is 18.7. The van der Waals surface area contributed by atoms with E-state index in [1.54, 1.807) is 29.2 Å². The molecule has 5 nitrogen and oxygen atoms in total. The van der Waals surface area contributed by atoms with E-state index in [-0.39, 0.29) is 18.4 Å². The molecule has 0 bridgehead atoms. The summed E-state index contributed by atoms with van der Waals surface area (Å²) in [5, 5.41) is 3.56. The first-order valence-corrected chi connectivity index (χ1v) is 10.8. The van der Waals surface area contributed by atoms with Crippen LogP contribution in [0.3, 0.4) is 0 Å². The molecular formula is C24H31ClN2O3. The van der Waals surface area contributed by atoms with Gasteiger partial charge < -0.3 is 15.0 Å². The average Bonchev–Trinajstić information content (AvgIpc) is 2.74. The third kappa shape index (κ3) is 7.06. The Hall–Kier alpha value is -2.53. The number of benzene rings is 2. The summed E-state index contributed by atoms with van der Waals surface area (Å²) in [5.41, 5.74) is 2.09. The third-order valence-corrected chi connectivity index (χ3v) is 5.25. The molecule has 0 heterocycles. The van der Waals surface area contributed by atoms with Gasteiger partial charge >= 0.3 is 0 Å². The van der Waals surface area contributed by atoms with Crippen molar-refractivity contribution in [3.63, 3.8) is 0 Å². The monoisotopic (exact) mass is 430 g/mol. The number of ether oxygens (including phenoxy) is 1. The van der Waals surface area contributed by atoms with Crippen LogP contribution < -0.4 is 10.1 Å². The molecule has 0 aromatic heterocycles. The van der Waals surface area contributed by atoms with E-state index in [1.807, 2.05) is 38.1 Å². The first-order valence-electron chi connectivity index (χ1n) is 10.5. The predicted molar refractivity (Wildman–Crippen MR) is 121 cm³/mol. The summed E-state index contributed by atoms with van der Waals surface area (Å²) >= 11 is 5.90. The van der Waals surface area contributed by atoms with Crippen molar-refractivity contribution in [2.45, 2.75) is 52.6 Å². The quantitative estimate of drug-likeness (QED) is 0.523. The topological polar surface area (TPSA) is 58.6 Å². The van der Waals surface area contributed by atoms with Gasteiger partial charge in [0.25, 0.3) is 5.91 Å². The maximum absolute atomic E-state index is 13.1. The second kappa shape index (κ2) is 12.2. The fourth-order valence-corrected chi connectivity index (χ4v) is 3.28. The van der Waals surface area contributed by atoms with Gasteiger partial charge in [0, 0.05) is 18.1 Å². The Bertz CT molecular complexity index is 823. The number of halogens is 1. The van der Waals surface area contributed by atoms with Gasteiger partial charge in [0.15, 0.2) is 6.61 Å². The second-order valence-corrected chi connectivity index (χ2v) is 7.70. The molecule has 6 heteroatoms. The molecule has 0 spiro atoms. The van der Waals surface area contributed by atoms with Gasteiger partial charge in [0.2, 0.25) is 5.91 Å². The number of unbranched alkanes of at least 4 members (excludes halogenated alkanes) is 1. The van der Waals surface area contributed by atoms with Crippen LogP contribution >= 0.6 is 11.6 Å². The van der Waals surface area contributed by atoms with Crippen molar-refractivity contribution in [3.05, 3.63) is 64.7 Å². The molecule has 2 amide bonds. The highest BCUT2D eigenvalue weighted by atomic mass is 35.5. The molecule has 2 aromatic rings. The fourth-order valence-electron chi connectivity index (χ4n) is 3.16. The summed E-state index contributed by atoms with van der Waals surface area (Å²) in [6, 6.07) is 14.2. The van der Waals surface area contributed by atoms with Crippen LogP contribution in [-0.4, -0.2) is 35.9 Å². The van der Waals surface area contributed by atoms with Gasteiger partial charge in [-0.3, -0.25) is 9.59 Å². The van der Waals surface area contributed by atoms with Gasteiger partial charge in [0.05, 0.1) is 0 Å². The van der Waals surface area contributed by atoms with E-state index in [4.69, 9.17) is 16.3 Å². The Labute approximate surface area is 184 Å². The van der Waals surface area contributed by atoms with E-state index >= 15 is 0 Å². The number of carbonyl (C=O) groups excluding carboxylic acids is 2. The van der Waals surface area contributed by atoms with Gasteiger partial charge in [-0.15, -0.1) is 0 Å². The Morgan fingerprint density at radius 2 is 1.80 bits per heavy atom. The summed E-state index contributed by atoms with van der Waals surface area (Å²) in [6.45, 7) is 6.82. The number of nitrogens with one attached hydrogen (secondary N) is 1. The van der Waals surface area contributed by atoms with E-state index in [0.717, 1.165) is 24.0 Å². The van der Waals surface area contributed by atoms with Gasteiger partial charge in [-0.25, -0.2) is 0 Å². The van der Waals surface area contributed by atoms with Crippen molar-refractivity contribution < 1.29 is 14.3 Å². The Kier molecular flexibility index (Phi) is 9.68. The first kappa shape index (κ1) is 23.7. The minimum absolute atomic E-state index is 0.126. The van der Waals surface area contributed by atoms with Crippen LogP contribution in [0.5, 0.6) is 5.75 Å². The van der Waals surface area contributed by atoms with Gasteiger partial charge in [-0.05, 0) is 55.2 Å².